The van der Waals surface area contributed by atoms with Gasteiger partial charge in [-0.3, -0.25) is 14.3 Å². The molecular formula is C20H25ClN5O3+. The molecule has 1 saturated heterocycles. The van der Waals surface area contributed by atoms with Crippen molar-refractivity contribution in [3.8, 4) is 0 Å². The van der Waals surface area contributed by atoms with Crippen LogP contribution in [0.1, 0.15) is 25.2 Å². The number of nitrogens with zero attached hydrogens (tertiary/aromatic N) is 3. The van der Waals surface area contributed by atoms with E-state index in [9.17, 15) is 9.59 Å². The standard InChI is InChI=1S/C20H24ClN5O3/c1-12-8-25(9-13(2)29-12)11-16-22-18-17(19(27)23-20(28)24(18)3)26(16)10-14-5-4-6-15(21)7-14/h4-7,12-13H,8-11H2,1-3H3,(H,23,27,28)/p+1/t12-,13-/m0/s1. The second kappa shape index (κ2) is 7.78. The van der Waals surface area contributed by atoms with Gasteiger partial charge >= 0.3 is 5.69 Å². The fraction of sp³-hybridized carbons (Fsp3) is 0.450. The minimum atomic E-state index is -0.470. The molecule has 2 atom stereocenters. The molecule has 9 heteroatoms. The second-order valence-electron chi connectivity index (χ2n) is 7.83. The topological polar surface area (TPSA) is 86.4 Å². The lowest BCUT2D eigenvalue weighted by Crippen LogP contribution is -3.14. The zero-order valence-electron chi connectivity index (χ0n) is 16.7. The Hall–Kier alpha value is -2.42. The van der Waals surface area contributed by atoms with Crippen molar-refractivity contribution >= 4 is 22.8 Å². The van der Waals surface area contributed by atoms with Crippen LogP contribution in [0.5, 0.6) is 0 Å². The van der Waals surface area contributed by atoms with E-state index in [1.165, 1.54) is 9.47 Å². The lowest BCUT2D eigenvalue weighted by molar-refractivity contribution is -0.929. The maximum Gasteiger partial charge on any atom is 0.329 e. The number of imidazole rings is 1. The molecule has 0 saturated carbocycles. The lowest BCUT2D eigenvalue weighted by Gasteiger charge is -2.32. The summed E-state index contributed by atoms with van der Waals surface area (Å²) in [6.45, 7) is 6.95. The summed E-state index contributed by atoms with van der Waals surface area (Å²) < 4.78 is 9.13. The van der Waals surface area contributed by atoms with E-state index >= 15 is 0 Å². The van der Waals surface area contributed by atoms with Gasteiger partial charge in [0.1, 0.15) is 31.8 Å². The molecule has 0 aliphatic carbocycles. The van der Waals surface area contributed by atoms with Crippen LogP contribution < -0.4 is 16.1 Å². The number of morpholine rings is 1. The number of H-pyrrole nitrogens is 1. The Labute approximate surface area is 172 Å². The highest BCUT2D eigenvalue weighted by atomic mass is 35.5. The number of fused-ring (bicyclic) bond motifs is 1. The molecule has 4 rings (SSSR count). The third kappa shape index (κ3) is 4.01. The van der Waals surface area contributed by atoms with Crippen LogP contribution in [0.3, 0.4) is 0 Å². The average Bonchev–Trinajstić information content (AvgIpc) is 2.98. The summed E-state index contributed by atoms with van der Waals surface area (Å²) in [5, 5.41) is 0.635. The van der Waals surface area contributed by atoms with Crippen molar-refractivity contribution in [1.29, 1.82) is 0 Å². The molecule has 8 nitrogen and oxygen atoms in total. The van der Waals surface area contributed by atoms with Gasteiger partial charge in [-0.05, 0) is 31.5 Å². The molecule has 1 fully saturated rings. The molecule has 29 heavy (non-hydrogen) atoms. The van der Waals surface area contributed by atoms with E-state index in [4.69, 9.17) is 21.3 Å². The first-order valence-corrected chi connectivity index (χ1v) is 10.1. The summed E-state index contributed by atoms with van der Waals surface area (Å²) in [6.07, 6.45) is 0.319. The van der Waals surface area contributed by atoms with Gasteiger partial charge < -0.3 is 14.2 Å². The zero-order chi connectivity index (χ0) is 20.7. The molecule has 2 aromatic heterocycles. The maximum atomic E-state index is 12.7. The number of ether oxygens (including phenoxy) is 1. The van der Waals surface area contributed by atoms with Crippen LogP contribution in [0.25, 0.3) is 11.2 Å². The molecule has 0 unspecified atom stereocenters. The highest BCUT2D eigenvalue weighted by Crippen LogP contribution is 2.16. The van der Waals surface area contributed by atoms with E-state index in [0.29, 0.717) is 29.3 Å². The van der Waals surface area contributed by atoms with Crippen molar-refractivity contribution in [1.82, 2.24) is 19.1 Å². The molecule has 3 heterocycles. The molecule has 154 valence electrons. The monoisotopic (exact) mass is 418 g/mol. The summed E-state index contributed by atoms with van der Waals surface area (Å²) >= 11 is 6.15. The van der Waals surface area contributed by atoms with Crippen molar-refractivity contribution < 1.29 is 9.64 Å². The van der Waals surface area contributed by atoms with Gasteiger partial charge in [0, 0.05) is 18.6 Å². The first-order valence-electron chi connectivity index (χ1n) is 9.73. The number of aryl methyl sites for hydroxylation is 1. The van der Waals surface area contributed by atoms with Crippen molar-refractivity contribution in [2.24, 2.45) is 7.05 Å². The second-order valence-corrected chi connectivity index (χ2v) is 8.26. The smallest absolute Gasteiger partial charge is 0.329 e. The van der Waals surface area contributed by atoms with Gasteiger partial charge in [0.05, 0.1) is 0 Å². The average molecular weight is 419 g/mol. The number of nitrogens with one attached hydrogen (secondary N) is 2. The predicted octanol–water partition coefficient (Wildman–Crippen LogP) is 0.317. The van der Waals surface area contributed by atoms with Crippen molar-refractivity contribution in [2.75, 3.05) is 13.1 Å². The van der Waals surface area contributed by atoms with E-state index in [0.717, 1.165) is 24.5 Å². The van der Waals surface area contributed by atoms with Crippen LogP contribution in [-0.2, 0) is 24.9 Å². The molecule has 3 aromatic rings. The Balaban J connectivity index is 1.81. The van der Waals surface area contributed by atoms with Gasteiger partial charge in [0.25, 0.3) is 5.56 Å². The van der Waals surface area contributed by atoms with Crippen molar-refractivity contribution in [3.05, 3.63) is 61.5 Å². The van der Waals surface area contributed by atoms with E-state index in [1.54, 1.807) is 7.05 Å². The summed E-state index contributed by atoms with van der Waals surface area (Å²) in [5.41, 5.74) is 0.857. The van der Waals surface area contributed by atoms with Gasteiger partial charge in [-0.1, -0.05) is 23.7 Å². The van der Waals surface area contributed by atoms with Gasteiger partial charge in [0.15, 0.2) is 17.0 Å². The number of hydrogen-bond acceptors (Lipinski definition) is 4. The number of rotatable bonds is 4. The SMILES string of the molecule is C[C@H]1C[NH+](Cc2nc3c(c(=O)[nH]c(=O)n3C)n2Cc2cccc(Cl)c2)C[C@H](C)O1. The molecule has 0 bridgehead atoms. The third-order valence-corrected chi connectivity index (χ3v) is 5.58. The fourth-order valence-electron chi connectivity index (χ4n) is 4.16. The van der Waals surface area contributed by atoms with Crippen molar-refractivity contribution in [2.45, 2.75) is 39.1 Å². The Kier molecular flexibility index (Phi) is 5.33. The van der Waals surface area contributed by atoms with E-state index in [2.05, 4.69) is 18.8 Å². The number of halogens is 1. The molecule has 0 amide bonds. The van der Waals surface area contributed by atoms with Gasteiger partial charge in [-0.25, -0.2) is 9.78 Å². The quantitative estimate of drug-likeness (QED) is 0.638. The molecule has 0 radical (unpaired) electrons. The van der Waals surface area contributed by atoms with Crippen LogP contribution in [-0.4, -0.2) is 44.4 Å². The minimum absolute atomic E-state index is 0.160. The van der Waals surface area contributed by atoms with Crippen LogP contribution in [0.2, 0.25) is 5.02 Å². The summed E-state index contributed by atoms with van der Waals surface area (Å²) in [5.74, 6) is 0.767. The predicted molar refractivity (Wildman–Crippen MR) is 111 cm³/mol. The van der Waals surface area contributed by atoms with Crippen LogP contribution in [0, 0.1) is 0 Å². The molecule has 2 N–H and O–H groups in total. The summed E-state index contributed by atoms with van der Waals surface area (Å²) in [4.78, 5) is 33.2. The first kappa shape index (κ1) is 19.9. The van der Waals surface area contributed by atoms with Gasteiger partial charge in [0.2, 0.25) is 0 Å². The zero-order valence-corrected chi connectivity index (χ0v) is 17.5. The van der Waals surface area contributed by atoms with Gasteiger partial charge in [-0.15, -0.1) is 0 Å². The highest BCUT2D eigenvalue weighted by molar-refractivity contribution is 6.30. The first-order chi connectivity index (χ1) is 13.8. The summed E-state index contributed by atoms with van der Waals surface area (Å²) in [7, 11) is 1.62. The van der Waals surface area contributed by atoms with Crippen LogP contribution >= 0.6 is 11.6 Å². The number of benzene rings is 1. The Morgan fingerprint density at radius 1 is 1.28 bits per heavy atom. The van der Waals surface area contributed by atoms with E-state index in [-0.39, 0.29) is 12.2 Å². The van der Waals surface area contributed by atoms with Crippen LogP contribution in [0.4, 0.5) is 0 Å². The number of aromatic amines is 1. The van der Waals surface area contributed by atoms with Gasteiger partial charge in [-0.2, -0.15) is 0 Å². The number of quaternary nitrogens is 1. The Morgan fingerprint density at radius 3 is 2.69 bits per heavy atom. The Morgan fingerprint density at radius 2 is 2.00 bits per heavy atom. The number of aromatic nitrogens is 4. The molecular weight excluding hydrogens is 394 g/mol. The Bertz CT molecular complexity index is 1160. The summed E-state index contributed by atoms with van der Waals surface area (Å²) in [6, 6.07) is 7.53. The number of hydrogen-bond donors (Lipinski definition) is 2. The normalized spacial score (nSPS) is 22.3. The molecule has 0 spiro atoms. The van der Waals surface area contributed by atoms with Crippen LogP contribution in [0.15, 0.2) is 33.9 Å². The molecule has 1 aliphatic heterocycles. The maximum absolute atomic E-state index is 12.7. The lowest BCUT2D eigenvalue weighted by atomic mass is 10.2. The van der Waals surface area contributed by atoms with E-state index < -0.39 is 11.2 Å². The van der Waals surface area contributed by atoms with Crippen molar-refractivity contribution in [3.63, 3.8) is 0 Å². The largest absolute Gasteiger partial charge is 0.364 e. The third-order valence-electron chi connectivity index (χ3n) is 5.34. The fourth-order valence-corrected chi connectivity index (χ4v) is 4.37. The highest BCUT2D eigenvalue weighted by Gasteiger charge is 2.28. The van der Waals surface area contributed by atoms with E-state index in [1.807, 2.05) is 28.8 Å². The molecule has 1 aromatic carbocycles. The molecule has 1 aliphatic rings. The minimum Gasteiger partial charge on any atom is -0.364 e.